The van der Waals surface area contributed by atoms with Gasteiger partial charge in [-0.25, -0.2) is 0 Å². The molecule has 1 N–H and O–H groups in total. The van der Waals surface area contributed by atoms with Gasteiger partial charge in [-0.15, -0.1) is 0 Å². The van der Waals surface area contributed by atoms with Crippen molar-refractivity contribution in [1.29, 1.82) is 0 Å². The monoisotopic (exact) mass is 189 g/mol. The van der Waals surface area contributed by atoms with Crippen molar-refractivity contribution < 1.29 is 19.1 Å². The number of carbonyl (C=O) groups is 2. The second kappa shape index (κ2) is 6.42. The Morgan fingerprint density at radius 3 is 2.54 bits per heavy atom. The van der Waals surface area contributed by atoms with Crippen LogP contribution in [0.1, 0.15) is 13.8 Å². The summed E-state index contributed by atoms with van der Waals surface area (Å²) in [7, 11) is 1.29. The molecule has 0 aliphatic heterocycles. The van der Waals surface area contributed by atoms with E-state index in [2.05, 4.69) is 10.1 Å². The van der Waals surface area contributed by atoms with Crippen molar-refractivity contribution in [3.05, 3.63) is 0 Å². The molecule has 0 saturated carbocycles. The van der Waals surface area contributed by atoms with Gasteiger partial charge in [0.15, 0.2) is 0 Å². The fourth-order valence-corrected chi connectivity index (χ4v) is 0.659. The Hall–Kier alpha value is -1.10. The third kappa shape index (κ3) is 5.19. The highest BCUT2D eigenvalue weighted by Gasteiger charge is 2.14. The molecule has 0 fully saturated rings. The van der Waals surface area contributed by atoms with Crippen molar-refractivity contribution in [1.82, 2.24) is 5.32 Å². The quantitative estimate of drug-likeness (QED) is 0.601. The van der Waals surface area contributed by atoms with Gasteiger partial charge in [0.1, 0.15) is 6.04 Å². The number of carbonyl (C=O) groups excluding carboxylic acids is 2. The summed E-state index contributed by atoms with van der Waals surface area (Å²) < 4.78 is 9.10. The molecule has 0 aliphatic carbocycles. The minimum absolute atomic E-state index is 0.0104. The molecule has 76 valence electrons. The average Bonchev–Trinajstić information content (AvgIpc) is 2.13. The number of hydrogen-bond donors (Lipinski definition) is 1. The van der Waals surface area contributed by atoms with Gasteiger partial charge in [0.05, 0.1) is 20.3 Å². The highest BCUT2D eigenvalue weighted by Crippen LogP contribution is 1.87. The van der Waals surface area contributed by atoms with E-state index in [-0.39, 0.29) is 12.5 Å². The molecular weight excluding hydrogens is 174 g/mol. The average molecular weight is 189 g/mol. The predicted molar refractivity (Wildman–Crippen MR) is 46.1 cm³/mol. The molecule has 0 bridgehead atoms. The second-order valence-electron chi connectivity index (χ2n) is 2.43. The summed E-state index contributed by atoms with van der Waals surface area (Å²) >= 11 is 0. The Labute approximate surface area is 77.4 Å². The van der Waals surface area contributed by atoms with Crippen LogP contribution in [0.4, 0.5) is 0 Å². The lowest BCUT2D eigenvalue weighted by molar-refractivity contribution is -0.145. The summed E-state index contributed by atoms with van der Waals surface area (Å²) in [5.74, 6) is -0.775. The van der Waals surface area contributed by atoms with Gasteiger partial charge in [-0.2, -0.15) is 0 Å². The zero-order valence-electron chi connectivity index (χ0n) is 8.12. The summed E-state index contributed by atoms with van der Waals surface area (Å²) in [6.45, 7) is 3.70. The highest BCUT2D eigenvalue weighted by atomic mass is 16.5. The fraction of sp³-hybridized carbons (Fsp3) is 0.750. The molecule has 1 unspecified atom stereocenters. The standard InChI is InChI=1S/C8H15NO4/c1-4-13-8(11)6(2)9-5-7(10)12-3/h6,9H,4-5H2,1-3H3. The topological polar surface area (TPSA) is 64.6 Å². The highest BCUT2D eigenvalue weighted by molar-refractivity contribution is 5.77. The Morgan fingerprint density at radius 2 is 2.08 bits per heavy atom. The summed E-state index contributed by atoms with van der Waals surface area (Å²) in [5, 5.41) is 2.67. The smallest absolute Gasteiger partial charge is 0.322 e. The third-order valence-corrected chi connectivity index (χ3v) is 1.42. The van der Waals surface area contributed by atoms with E-state index >= 15 is 0 Å². The summed E-state index contributed by atoms with van der Waals surface area (Å²) in [4.78, 5) is 21.7. The molecule has 0 amide bonds. The first-order chi connectivity index (χ1) is 6.11. The van der Waals surface area contributed by atoms with Crippen LogP contribution in [0.15, 0.2) is 0 Å². The van der Waals surface area contributed by atoms with E-state index in [1.807, 2.05) is 0 Å². The molecule has 0 heterocycles. The SMILES string of the molecule is CCOC(=O)C(C)NCC(=O)OC. The molecule has 0 spiro atoms. The molecule has 0 radical (unpaired) electrons. The molecule has 0 aliphatic rings. The van der Waals surface area contributed by atoms with Crippen LogP contribution in [0.2, 0.25) is 0 Å². The molecular formula is C8H15NO4. The van der Waals surface area contributed by atoms with Crippen LogP contribution in [0.5, 0.6) is 0 Å². The number of esters is 2. The van der Waals surface area contributed by atoms with E-state index in [0.29, 0.717) is 6.61 Å². The molecule has 0 rings (SSSR count). The molecule has 0 aromatic carbocycles. The van der Waals surface area contributed by atoms with Gasteiger partial charge < -0.3 is 9.47 Å². The zero-order valence-corrected chi connectivity index (χ0v) is 8.12. The number of methoxy groups -OCH3 is 1. The van der Waals surface area contributed by atoms with Crippen molar-refractivity contribution in [3.63, 3.8) is 0 Å². The lowest BCUT2D eigenvalue weighted by atomic mass is 10.3. The summed E-state index contributed by atoms with van der Waals surface area (Å²) in [6.07, 6.45) is 0. The number of rotatable bonds is 5. The minimum Gasteiger partial charge on any atom is -0.468 e. The van der Waals surface area contributed by atoms with E-state index < -0.39 is 12.0 Å². The van der Waals surface area contributed by atoms with Crippen LogP contribution in [-0.2, 0) is 19.1 Å². The maximum absolute atomic E-state index is 11.0. The molecule has 0 aromatic heterocycles. The van der Waals surface area contributed by atoms with Gasteiger partial charge >= 0.3 is 11.9 Å². The number of hydrogen-bond acceptors (Lipinski definition) is 5. The van der Waals surface area contributed by atoms with Crippen molar-refractivity contribution in [2.75, 3.05) is 20.3 Å². The lowest BCUT2D eigenvalue weighted by Crippen LogP contribution is -2.38. The van der Waals surface area contributed by atoms with E-state index in [0.717, 1.165) is 0 Å². The first kappa shape index (κ1) is 11.9. The van der Waals surface area contributed by atoms with E-state index in [1.54, 1.807) is 13.8 Å². The maximum atomic E-state index is 11.0. The van der Waals surface area contributed by atoms with E-state index in [1.165, 1.54) is 7.11 Å². The predicted octanol–water partition coefficient (Wildman–Crippen LogP) is -0.299. The van der Waals surface area contributed by atoms with Crippen molar-refractivity contribution in [2.24, 2.45) is 0 Å². The lowest BCUT2D eigenvalue weighted by Gasteiger charge is -2.10. The molecule has 1 atom stereocenters. The van der Waals surface area contributed by atoms with Gasteiger partial charge in [-0.05, 0) is 13.8 Å². The Balaban J connectivity index is 3.67. The van der Waals surface area contributed by atoms with Gasteiger partial charge in [0, 0.05) is 0 Å². The van der Waals surface area contributed by atoms with Crippen molar-refractivity contribution >= 4 is 11.9 Å². The van der Waals surface area contributed by atoms with Crippen LogP contribution in [0.3, 0.4) is 0 Å². The molecule has 5 nitrogen and oxygen atoms in total. The largest absolute Gasteiger partial charge is 0.468 e. The van der Waals surface area contributed by atoms with Crippen LogP contribution < -0.4 is 5.32 Å². The molecule has 13 heavy (non-hydrogen) atoms. The van der Waals surface area contributed by atoms with Crippen LogP contribution in [0, 0.1) is 0 Å². The van der Waals surface area contributed by atoms with Gasteiger partial charge in [-0.3, -0.25) is 14.9 Å². The van der Waals surface area contributed by atoms with Crippen LogP contribution in [-0.4, -0.2) is 38.2 Å². The fourth-order valence-electron chi connectivity index (χ4n) is 0.659. The molecule has 0 aromatic rings. The second-order valence-corrected chi connectivity index (χ2v) is 2.43. The van der Waals surface area contributed by atoms with E-state index in [4.69, 9.17) is 4.74 Å². The normalized spacial score (nSPS) is 11.9. The number of nitrogens with one attached hydrogen (secondary N) is 1. The summed E-state index contributed by atoms with van der Waals surface area (Å²) in [6, 6.07) is -0.487. The van der Waals surface area contributed by atoms with Crippen LogP contribution in [0.25, 0.3) is 0 Å². The number of ether oxygens (including phenoxy) is 2. The van der Waals surface area contributed by atoms with Crippen molar-refractivity contribution in [3.8, 4) is 0 Å². The minimum atomic E-state index is -0.487. The first-order valence-electron chi connectivity index (χ1n) is 4.08. The summed E-state index contributed by atoms with van der Waals surface area (Å²) in [5.41, 5.74) is 0. The van der Waals surface area contributed by atoms with Gasteiger partial charge in [0.2, 0.25) is 0 Å². The van der Waals surface area contributed by atoms with Crippen LogP contribution >= 0.6 is 0 Å². The zero-order chi connectivity index (χ0) is 10.3. The molecule has 5 heteroatoms. The first-order valence-corrected chi connectivity index (χ1v) is 4.08. The third-order valence-electron chi connectivity index (χ3n) is 1.42. The van der Waals surface area contributed by atoms with Gasteiger partial charge in [-0.1, -0.05) is 0 Å². The Kier molecular flexibility index (Phi) is 5.88. The Morgan fingerprint density at radius 1 is 1.46 bits per heavy atom. The van der Waals surface area contributed by atoms with E-state index in [9.17, 15) is 9.59 Å². The Bertz CT molecular complexity index is 181. The maximum Gasteiger partial charge on any atom is 0.322 e. The van der Waals surface area contributed by atoms with Gasteiger partial charge in [0.25, 0.3) is 0 Å². The molecule has 0 saturated heterocycles. The van der Waals surface area contributed by atoms with Crippen molar-refractivity contribution in [2.45, 2.75) is 19.9 Å².